The summed E-state index contributed by atoms with van der Waals surface area (Å²) in [5, 5.41) is 2.66. The van der Waals surface area contributed by atoms with E-state index in [1.54, 1.807) is 0 Å². The molecule has 0 aliphatic carbocycles. The molecule has 19 heavy (non-hydrogen) atoms. The number of hydrogen-bond donors (Lipinski definition) is 1. The van der Waals surface area contributed by atoms with Gasteiger partial charge in [0.1, 0.15) is 5.75 Å². The zero-order valence-electron chi connectivity index (χ0n) is 10.2. The van der Waals surface area contributed by atoms with Crippen LogP contribution in [0.25, 0.3) is 0 Å². The molecule has 0 aliphatic rings. The molecule has 0 saturated heterocycles. The third-order valence-electron chi connectivity index (χ3n) is 2.12. The largest absolute Gasteiger partial charge is 0.483 e. The molecule has 0 unspecified atom stereocenters. The number of nitrogens with one attached hydrogen (secondary N) is 1. The van der Waals surface area contributed by atoms with E-state index in [2.05, 4.69) is 21.2 Å². The lowest BCUT2D eigenvalue weighted by atomic mass is 10.3. The minimum absolute atomic E-state index is 0.0381. The molecule has 0 saturated carbocycles. The summed E-state index contributed by atoms with van der Waals surface area (Å²) in [6.45, 7) is 2.40. The molecule has 0 heterocycles. The van der Waals surface area contributed by atoms with Gasteiger partial charge >= 0.3 is 0 Å². The second kappa shape index (κ2) is 7.12. The van der Waals surface area contributed by atoms with Crippen molar-refractivity contribution in [2.24, 2.45) is 0 Å². The van der Waals surface area contributed by atoms with E-state index in [0.29, 0.717) is 16.8 Å². The van der Waals surface area contributed by atoms with Crippen molar-refractivity contribution in [3.63, 3.8) is 0 Å². The molecule has 8 heteroatoms. The van der Waals surface area contributed by atoms with Crippen molar-refractivity contribution in [2.75, 3.05) is 13.2 Å². The van der Waals surface area contributed by atoms with Gasteiger partial charge in [0.15, 0.2) is 6.61 Å². The van der Waals surface area contributed by atoms with Crippen molar-refractivity contribution in [3.05, 3.63) is 22.7 Å². The van der Waals surface area contributed by atoms with E-state index in [-0.39, 0.29) is 17.4 Å². The minimum Gasteiger partial charge on any atom is -0.483 e. The Bertz CT molecular complexity index is 562. The third kappa shape index (κ3) is 5.38. The molecular formula is C11H13BrClNO4S. The van der Waals surface area contributed by atoms with Gasteiger partial charge in [0, 0.05) is 17.2 Å². The Kier molecular flexibility index (Phi) is 6.09. The van der Waals surface area contributed by atoms with Crippen LogP contribution in [-0.2, 0) is 13.8 Å². The molecule has 106 valence electrons. The normalized spacial score (nSPS) is 11.1. The second-order valence-electron chi connectivity index (χ2n) is 3.67. The van der Waals surface area contributed by atoms with E-state index >= 15 is 0 Å². The van der Waals surface area contributed by atoms with Crippen LogP contribution in [-0.4, -0.2) is 27.5 Å². The Morgan fingerprint density at radius 3 is 2.68 bits per heavy atom. The Balaban J connectivity index is 2.68. The fraction of sp³-hybridized carbons (Fsp3) is 0.364. The Morgan fingerprint density at radius 2 is 2.16 bits per heavy atom. The van der Waals surface area contributed by atoms with E-state index in [1.807, 2.05) is 6.92 Å². The quantitative estimate of drug-likeness (QED) is 0.780. The first-order chi connectivity index (χ1) is 8.84. The standard InChI is InChI=1S/C11H13BrClNO4S/c1-2-5-14-11(15)7-18-10-4-3-8(6-9(10)12)19(13,16)17/h3-4,6H,2,5,7H2,1H3,(H,14,15). The Labute approximate surface area is 124 Å². The SMILES string of the molecule is CCCNC(=O)COc1ccc(S(=O)(=O)Cl)cc1Br. The molecule has 1 N–H and O–H groups in total. The first kappa shape index (κ1) is 16.3. The van der Waals surface area contributed by atoms with E-state index in [0.717, 1.165) is 6.42 Å². The van der Waals surface area contributed by atoms with Crippen LogP contribution >= 0.6 is 26.6 Å². The highest BCUT2D eigenvalue weighted by Gasteiger charge is 2.13. The molecule has 1 aromatic carbocycles. The van der Waals surface area contributed by atoms with Crippen molar-refractivity contribution >= 4 is 41.6 Å². The number of hydrogen-bond acceptors (Lipinski definition) is 4. The van der Waals surface area contributed by atoms with Crippen LogP contribution < -0.4 is 10.1 Å². The minimum atomic E-state index is -3.78. The van der Waals surface area contributed by atoms with Crippen LogP contribution in [0.1, 0.15) is 13.3 Å². The zero-order valence-corrected chi connectivity index (χ0v) is 13.3. The molecule has 5 nitrogen and oxygen atoms in total. The molecule has 0 bridgehead atoms. The van der Waals surface area contributed by atoms with Gasteiger partial charge in [-0.15, -0.1) is 0 Å². The Morgan fingerprint density at radius 1 is 1.47 bits per heavy atom. The van der Waals surface area contributed by atoms with Crippen molar-refractivity contribution in [1.82, 2.24) is 5.32 Å². The molecule has 1 amide bonds. The molecule has 1 aromatic rings. The van der Waals surface area contributed by atoms with Crippen molar-refractivity contribution in [2.45, 2.75) is 18.2 Å². The topological polar surface area (TPSA) is 72.5 Å². The number of rotatable bonds is 6. The maximum Gasteiger partial charge on any atom is 0.261 e. The molecule has 0 atom stereocenters. The lowest BCUT2D eigenvalue weighted by molar-refractivity contribution is -0.123. The lowest BCUT2D eigenvalue weighted by Gasteiger charge is -2.09. The van der Waals surface area contributed by atoms with Gasteiger partial charge in [-0.3, -0.25) is 4.79 Å². The molecule has 0 aliphatic heterocycles. The number of amides is 1. The highest BCUT2D eigenvalue weighted by Crippen LogP contribution is 2.29. The number of benzene rings is 1. The second-order valence-corrected chi connectivity index (χ2v) is 7.09. The van der Waals surface area contributed by atoms with Crippen LogP contribution in [0.4, 0.5) is 0 Å². The van der Waals surface area contributed by atoms with Crippen LogP contribution in [0.2, 0.25) is 0 Å². The first-order valence-electron chi connectivity index (χ1n) is 5.48. The van der Waals surface area contributed by atoms with E-state index < -0.39 is 9.05 Å². The van der Waals surface area contributed by atoms with E-state index in [1.165, 1.54) is 18.2 Å². The fourth-order valence-corrected chi connectivity index (χ4v) is 2.63. The van der Waals surface area contributed by atoms with Crippen molar-refractivity contribution in [1.29, 1.82) is 0 Å². The average molecular weight is 371 g/mol. The van der Waals surface area contributed by atoms with Gasteiger partial charge in [0.25, 0.3) is 15.0 Å². The summed E-state index contributed by atoms with van der Waals surface area (Å²) >= 11 is 3.16. The van der Waals surface area contributed by atoms with Crippen molar-refractivity contribution < 1.29 is 17.9 Å². The lowest BCUT2D eigenvalue weighted by Crippen LogP contribution is -2.29. The van der Waals surface area contributed by atoms with Gasteiger partial charge < -0.3 is 10.1 Å². The molecule has 0 spiro atoms. The predicted octanol–water partition coefficient (Wildman–Crippen LogP) is 2.28. The smallest absolute Gasteiger partial charge is 0.261 e. The van der Waals surface area contributed by atoms with Gasteiger partial charge in [0.05, 0.1) is 9.37 Å². The number of carbonyl (C=O) groups is 1. The monoisotopic (exact) mass is 369 g/mol. The predicted molar refractivity (Wildman–Crippen MR) is 76.0 cm³/mol. The highest BCUT2D eigenvalue weighted by atomic mass is 79.9. The third-order valence-corrected chi connectivity index (χ3v) is 4.09. The number of carbonyl (C=O) groups excluding carboxylic acids is 1. The van der Waals surface area contributed by atoms with Gasteiger partial charge in [-0.1, -0.05) is 6.92 Å². The zero-order chi connectivity index (χ0) is 14.5. The Hall–Kier alpha value is -0.790. The van der Waals surface area contributed by atoms with Gasteiger partial charge in [0.2, 0.25) is 0 Å². The maximum atomic E-state index is 11.3. The van der Waals surface area contributed by atoms with E-state index in [9.17, 15) is 13.2 Å². The van der Waals surface area contributed by atoms with Gasteiger partial charge in [-0.2, -0.15) is 0 Å². The van der Waals surface area contributed by atoms with Gasteiger partial charge in [-0.25, -0.2) is 8.42 Å². The summed E-state index contributed by atoms with van der Waals surface area (Å²) in [5.74, 6) is 0.138. The molecule has 0 aromatic heterocycles. The maximum absolute atomic E-state index is 11.3. The summed E-state index contributed by atoms with van der Waals surface area (Å²) in [6.07, 6.45) is 0.845. The molecule has 1 rings (SSSR count). The first-order valence-corrected chi connectivity index (χ1v) is 8.58. The summed E-state index contributed by atoms with van der Waals surface area (Å²) in [7, 11) is 1.44. The summed E-state index contributed by atoms with van der Waals surface area (Å²) < 4.78 is 27.9. The summed E-state index contributed by atoms with van der Waals surface area (Å²) in [4.78, 5) is 11.3. The van der Waals surface area contributed by atoms with Gasteiger partial charge in [-0.05, 0) is 40.5 Å². The summed E-state index contributed by atoms with van der Waals surface area (Å²) in [5.41, 5.74) is 0. The van der Waals surface area contributed by atoms with Crippen LogP contribution in [0, 0.1) is 0 Å². The molecule has 0 fully saturated rings. The molecular weight excluding hydrogens is 358 g/mol. The number of ether oxygens (including phenoxy) is 1. The van der Waals surface area contributed by atoms with Crippen LogP contribution in [0.3, 0.4) is 0 Å². The fourth-order valence-electron chi connectivity index (χ4n) is 1.21. The average Bonchev–Trinajstić information content (AvgIpc) is 2.33. The highest BCUT2D eigenvalue weighted by molar-refractivity contribution is 9.10. The number of halogens is 2. The summed E-state index contributed by atoms with van der Waals surface area (Å²) in [6, 6.07) is 4.07. The van der Waals surface area contributed by atoms with E-state index in [4.69, 9.17) is 15.4 Å². The van der Waals surface area contributed by atoms with Crippen molar-refractivity contribution in [3.8, 4) is 5.75 Å². The van der Waals surface area contributed by atoms with Crippen LogP contribution in [0.5, 0.6) is 5.75 Å². The molecule has 0 radical (unpaired) electrons. The van der Waals surface area contributed by atoms with Crippen LogP contribution in [0.15, 0.2) is 27.6 Å².